The number of sulfonamides is 1. The zero-order valence-corrected chi connectivity index (χ0v) is 23.4. The quantitative estimate of drug-likeness (QED) is 0.267. The number of methoxy groups -OCH3 is 1. The molecule has 0 fully saturated rings. The summed E-state index contributed by atoms with van der Waals surface area (Å²) in [6.07, 6.45) is 0.989. The van der Waals surface area contributed by atoms with Gasteiger partial charge in [0.15, 0.2) is 11.6 Å². The maximum atomic E-state index is 14.7. The van der Waals surface area contributed by atoms with Crippen molar-refractivity contribution in [1.82, 2.24) is 19.6 Å². The summed E-state index contributed by atoms with van der Waals surface area (Å²) in [5.74, 6) is -0.585. The summed E-state index contributed by atoms with van der Waals surface area (Å²) in [7, 11) is 2.14. The van der Waals surface area contributed by atoms with Gasteiger partial charge in [0.2, 0.25) is 16.0 Å². The van der Waals surface area contributed by atoms with E-state index in [1.54, 1.807) is 31.3 Å². The number of benzene rings is 3. The van der Waals surface area contributed by atoms with E-state index in [-0.39, 0.29) is 28.3 Å². The zero-order valence-electron chi connectivity index (χ0n) is 22.6. The van der Waals surface area contributed by atoms with E-state index in [4.69, 9.17) is 4.74 Å². The van der Waals surface area contributed by atoms with Gasteiger partial charge in [0, 0.05) is 26.7 Å². The fourth-order valence-corrected chi connectivity index (χ4v) is 5.01. The number of ether oxygens (including phenoxy) is 1. The van der Waals surface area contributed by atoms with Crippen molar-refractivity contribution in [2.75, 3.05) is 38.9 Å². The SMILES string of the molecule is CNC(=O)c1ccc(-c2cc(OC)c(Nc3ncc(F)c(Nc4ccccc4S(=O)(=O)N(C)C)n3)cc2C)cc1. The molecule has 3 aromatic carbocycles. The number of hydrogen-bond acceptors (Lipinski definition) is 8. The van der Waals surface area contributed by atoms with Crippen molar-refractivity contribution < 1.29 is 22.3 Å². The molecular formula is C28H29FN6O4S. The topological polar surface area (TPSA) is 126 Å². The minimum Gasteiger partial charge on any atom is -0.495 e. The molecule has 208 valence electrons. The molecule has 4 rings (SSSR count). The third-order valence-electron chi connectivity index (χ3n) is 6.12. The van der Waals surface area contributed by atoms with E-state index in [0.29, 0.717) is 17.0 Å². The van der Waals surface area contributed by atoms with E-state index >= 15 is 0 Å². The fourth-order valence-electron chi connectivity index (χ4n) is 3.97. The molecule has 4 aromatic rings. The summed E-state index contributed by atoms with van der Waals surface area (Å²) in [6.45, 7) is 1.92. The first-order valence-corrected chi connectivity index (χ1v) is 13.6. The first-order chi connectivity index (χ1) is 19.0. The molecule has 1 heterocycles. The molecular weight excluding hydrogens is 535 g/mol. The van der Waals surface area contributed by atoms with Crippen molar-refractivity contribution in [3.63, 3.8) is 0 Å². The number of carbonyl (C=O) groups is 1. The minimum absolute atomic E-state index is 0.0243. The van der Waals surface area contributed by atoms with Crippen LogP contribution in [0.4, 0.5) is 27.5 Å². The van der Waals surface area contributed by atoms with Crippen LogP contribution in [0.15, 0.2) is 71.8 Å². The molecule has 10 nitrogen and oxygen atoms in total. The van der Waals surface area contributed by atoms with E-state index < -0.39 is 15.8 Å². The molecule has 1 aromatic heterocycles. The van der Waals surface area contributed by atoms with Gasteiger partial charge in [-0.2, -0.15) is 4.98 Å². The molecule has 1 amide bonds. The number of halogens is 1. The Labute approximate surface area is 232 Å². The number of rotatable bonds is 9. The zero-order chi connectivity index (χ0) is 29.0. The number of anilines is 4. The summed E-state index contributed by atoms with van der Waals surface area (Å²) >= 11 is 0. The smallest absolute Gasteiger partial charge is 0.251 e. The van der Waals surface area contributed by atoms with Gasteiger partial charge in [0.25, 0.3) is 5.91 Å². The fraction of sp³-hybridized carbons (Fsp3) is 0.179. The van der Waals surface area contributed by atoms with Crippen molar-refractivity contribution in [2.45, 2.75) is 11.8 Å². The molecule has 40 heavy (non-hydrogen) atoms. The summed E-state index contributed by atoms with van der Waals surface area (Å²) in [5.41, 5.74) is 3.95. The Morgan fingerprint density at radius 1 is 1.00 bits per heavy atom. The van der Waals surface area contributed by atoms with Crippen LogP contribution >= 0.6 is 0 Å². The molecule has 0 aliphatic heterocycles. The van der Waals surface area contributed by atoms with Crippen LogP contribution in [0.5, 0.6) is 5.75 Å². The highest BCUT2D eigenvalue weighted by atomic mass is 32.2. The Bertz CT molecular complexity index is 1660. The van der Waals surface area contributed by atoms with E-state index in [1.807, 2.05) is 31.2 Å². The monoisotopic (exact) mass is 564 g/mol. The van der Waals surface area contributed by atoms with Crippen molar-refractivity contribution in [3.05, 3.63) is 83.8 Å². The van der Waals surface area contributed by atoms with E-state index in [9.17, 15) is 17.6 Å². The average molecular weight is 565 g/mol. The van der Waals surface area contributed by atoms with Crippen LogP contribution in [-0.2, 0) is 10.0 Å². The average Bonchev–Trinajstić information content (AvgIpc) is 2.95. The number of carbonyl (C=O) groups excluding carboxylic acids is 1. The second-order valence-corrected chi connectivity index (χ2v) is 11.1. The summed E-state index contributed by atoms with van der Waals surface area (Å²) in [6, 6.07) is 17.1. The first-order valence-electron chi connectivity index (χ1n) is 12.1. The molecule has 0 aliphatic rings. The van der Waals surface area contributed by atoms with Gasteiger partial charge in [-0.25, -0.2) is 22.1 Å². The lowest BCUT2D eigenvalue weighted by Crippen LogP contribution is -2.23. The van der Waals surface area contributed by atoms with Crippen LogP contribution in [0, 0.1) is 12.7 Å². The van der Waals surface area contributed by atoms with E-state index in [1.165, 1.54) is 33.3 Å². The lowest BCUT2D eigenvalue weighted by Gasteiger charge is -2.17. The molecule has 0 saturated carbocycles. The Hall–Kier alpha value is -4.55. The molecule has 12 heteroatoms. The number of nitrogens with one attached hydrogen (secondary N) is 3. The van der Waals surface area contributed by atoms with Crippen LogP contribution in [0.2, 0.25) is 0 Å². The van der Waals surface area contributed by atoms with E-state index in [0.717, 1.165) is 27.2 Å². The maximum Gasteiger partial charge on any atom is 0.251 e. The van der Waals surface area contributed by atoms with Gasteiger partial charge in [0.05, 0.1) is 24.7 Å². The predicted molar refractivity (Wildman–Crippen MR) is 152 cm³/mol. The molecule has 0 aliphatic carbocycles. The number of aromatic nitrogens is 2. The molecule has 0 unspecified atom stereocenters. The second kappa shape index (κ2) is 11.7. The number of nitrogens with zero attached hydrogens (tertiary/aromatic N) is 3. The normalized spacial score (nSPS) is 11.3. The van der Waals surface area contributed by atoms with Crippen molar-refractivity contribution in [2.24, 2.45) is 0 Å². The van der Waals surface area contributed by atoms with Gasteiger partial charge in [-0.1, -0.05) is 24.3 Å². The summed E-state index contributed by atoms with van der Waals surface area (Å²) < 4.78 is 46.9. The molecule has 0 atom stereocenters. The first kappa shape index (κ1) is 28.5. The van der Waals surface area contributed by atoms with Crippen LogP contribution < -0.4 is 20.7 Å². The summed E-state index contributed by atoms with van der Waals surface area (Å²) in [4.78, 5) is 20.1. The standard InChI is InChI=1S/C28H29FN6O4S/c1-17-14-23(24(39-5)15-20(17)18-10-12-19(13-11-18)27(36)30-2)33-28-31-16-21(29)26(34-28)32-22-8-6-7-9-25(22)40(37,38)35(3)4/h6-16H,1-5H3,(H,30,36)(H2,31,32,33,34). The van der Waals surface area contributed by atoms with Gasteiger partial charge >= 0.3 is 0 Å². The van der Waals surface area contributed by atoms with Crippen LogP contribution in [0.25, 0.3) is 11.1 Å². The number of aryl methyl sites for hydroxylation is 1. The highest BCUT2D eigenvalue weighted by Gasteiger charge is 2.22. The number of para-hydroxylation sites is 1. The van der Waals surface area contributed by atoms with Gasteiger partial charge in [-0.15, -0.1) is 0 Å². The molecule has 3 N–H and O–H groups in total. The third-order valence-corrected chi connectivity index (χ3v) is 7.99. The highest BCUT2D eigenvalue weighted by molar-refractivity contribution is 7.89. The molecule has 0 spiro atoms. The van der Waals surface area contributed by atoms with Gasteiger partial charge in [-0.3, -0.25) is 4.79 Å². The Morgan fingerprint density at radius 2 is 1.70 bits per heavy atom. The van der Waals surface area contributed by atoms with Crippen LogP contribution in [0.3, 0.4) is 0 Å². The van der Waals surface area contributed by atoms with Crippen molar-refractivity contribution in [3.8, 4) is 16.9 Å². The maximum absolute atomic E-state index is 14.7. The third kappa shape index (κ3) is 5.87. The molecule has 0 bridgehead atoms. The van der Waals surface area contributed by atoms with Crippen LogP contribution in [0.1, 0.15) is 15.9 Å². The van der Waals surface area contributed by atoms with Gasteiger partial charge in [-0.05, 0) is 60.0 Å². The predicted octanol–water partition coefficient (Wildman–Crippen LogP) is 4.70. The van der Waals surface area contributed by atoms with Crippen LogP contribution in [-0.4, -0.2) is 56.9 Å². The Kier molecular flexibility index (Phi) is 8.31. The van der Waals surface area contributed by atoms with Gasteiger partial charge in [0.1, 0.15) is 10.6 Å². The lowest BCUT2D eigenvalue weighted by molar-refractivity contribution is 0.0963. The lowest BCUT2D eigenvalue weighted by atomic mass is 9.98. The second-order valence-electron chi connectivity index (χ2n) is 8.95. The van der Waals surface area contributed by atoms with Crippen molar-refractivity contribution >= 4 is 39.1 Å². The summed E-state index contributed by atoms with van der Waals surface area (Å²) in [5, 5.41) is 8.44. The minimum atomic E-state index is -3.80. The van der Waals surface area contributed by atoms with E-state index in [2.05, 4.69) is 25.9 Å². The number of amides is 1. The van der Waals surface area contributed by atoms with Gasteiger partial charge < -0.3 is 20.7 Å². The Morgan fingerprint density at radius 3 is 2.35 bits per heavy atom. The molecule has 0 radical (unpaired) electrons. The molecule has 0 saturated heterocycles. The largest absolute Gasteiger partial charge is 0.495 e. The van der Waals surface area contributed by atoms with Crippen molar-refractivity contribution in [1.29, 1.82) is 0 Å². The highest BCUT2D eigenvalue weighted by Crippen LogP contribution is 2.36. The number of hydrogen-bond donors (Lipinski definition) is 3. The Balaban J connectivity index is 1.64.